The Morgan fingerprint density at radius 3 is 2.32 bits per heavy atom. The molecule has 7 nitrogen and oxygen atoms in total. The fourth-order valence-corrected chi connectivity index (χ4v) is 4.12. The zero-order chi connectivity index (χ0) is 20.1. The van der Waals surface area contributed by atoms with Crippen LogP contribution in [0.3, 0.4) is 0 Å². The maximum atomic E-state index is 12.3. The Morgan fingerprint density at radius 1 is 1.11 bits per heavy atom. The number of rotatable bonds is 9. The van der Waals surface area contributed by atoms with Crippen LogP contribution in [0.15, 0.2) is 47.5 Å². The molecule has 0 atom stereocenters. The van der Waals surface area contributed by atoms with E-state index in [1.165, 1.54) is 0 Å². The quantitative estimate of drug-likeness (QED) is 0.672. The Morgan fingerprint density at radius 2 is 1.79 bits per heavy atom. The van der Waals surface area contributed by atoms with Gasteiger partial charge in [0.15, 0.2) is 0 Å². The predicted octanol–water partition coefficient (Wildman–Crippen LogP) is 2.30. The number of aromatic nitrogens is 1. The number of sulfonamides is 1. The lowest BCUT2D eigenvalue weighted by Crippen LogP contribution is -2.26. The average Bonchev–Trinajstić information content (AvgIpc) is 3.51. The van der Waals surface area contributed by atoms with E-state index in [4.69, 9.17) is 0 Å². The van der Waals surface area contributed by atoms with E-state index in [2.05, 4.69) is 33.8 Å². The Hall–Kier alpha value is -2.45. The Kier molecular flexibility index (Phi) is 6.31. The van der Waals surface area contributed by atoms with Gasteiger partial charge in [0.1, 0.15) is 5.82 Å². The molecule has 0 aliphatic heterocycles. The van der Waals surface area contributed by atoms with Gasteiger partial charge in [0.05, 0.1) is 10.5 Å². The zero-order valence-corrected chi connectivity index (χ0v) is 17.0. The molecule has 2 aromatic rings. The molecule has 0 saturated heterocycles. The van der Waals surface area contributed by atoms with Gasteiger partial charge in [0.2, 0.25) is 10.0 Å². The lowest BCUT2D eigenvalue weighted by molar-refractivity contribution is 0.0950. The summed E-state index contributed by atoms with van der Waals surface area (Å²) < 4.78 is 27.0. The standard InChI is InChI=1S/C20H26N4O3S/c1-3-24(4-2)19-12-7-16(14-21-19)20(25)22-13-15-5-10-18(11-6-15)28(26,27)23-17-8-9-17/h5-7,10-12,14,17,23H,3-4,8-9,13H2,1-2H3,(H,22,25). The summed E-state index contributed by atoms with van der Waals surface area (Å²) in [4.78, 5) is 19.0. The van der Waals surface area contributed by atoms with Crippen molar-refractivity contribution in [3.63, 3.8) is 0 Å². The highest BCUT2D eigenvalue weighted by molar-refractivity contribution is 7.89. The fourth-order valence-electron chi connectivity index (χ4n) is 2.81. The Labute approximate surface area is 166 Å². The highest BCUT2D eigenvalue weighted by Crippen LogP contribution is 2.22. The van der Waals surface area contributed by atoms with Gasteiger partial charge in [-0.05, 0) is 56.5 Å². The number of nitrogens with zero attached hydrogens (tertiary/aromatic N) is 2. The van der Waals surface area contributed by atoms with Crippen molar-refractivity contribution in [3.8, 4) is 0 Å². The van der Waals surface area contributed by atoms with Gasteiger partial charge >= 0.3 is 0 Å². The van der Waals surface area contributed by atoms with Gasteiger partial charge in [-0.2, -0.15) is 0 Å². The lowest BCUT2D eigenvalue weighted by Gasteiger charge is -2.19. The van der Waals surface area contributed by atoms with Crippen molar-refractivity contribution in [1.29, 1.82) is 0 Å². The molecule has 0 unspecified atom stereocenters. The molecule has 1 aromatic carbocycles. The van der Waals surface area contributed by atoms with Gasteiger partial charge in [0, 0.05) is 31.9 Å². The number of hydrogen-bond acceptors (Lipinski definition) is 5. The number of anilines is 1. The number of hydrogen-bond donors (Lipinski definition) is 2. The van der Waals surface area contributed by atoms with Crippen LogP contribution in [0.2, 0.25) is 0 Å². The molecule has 1 amide bonds. The summed E-state index contributed by atoms with van der Waals surface area (Å²) in [6, 6.07) is 10.2. The molecule has 2 N–H and O–H groups in total. The second-order valence-corrected chi connectivity index (χ2v) is 8.51. The fraction of sp³-hybridized carbons (Fsp3) is 0.400. The van der Waals surface area contributed by atoms with Crippen molar-refractivity contribution in [2.75, 3.05) is 18.0 Å². The second kappa shape index (κ2) is 8.70. The zero-order valence-electron chi connectivity index (χ0n) is 16.2. The van der Waals surface area contributed by atoms with Crippen molar-refractivity contribution in [3.05, 3.63) is 53.7 Å². The minimum absolute atomic E-state index is 0.0747. The van der Waals surface area contributed by atoms with E-state index in [1.54, 1.807) is 36.5 Å². The molecule has 28 heavy (non-hydrogen) atoms. The first-order valence-corrected chi connectivity index (χ1v) is 11.0. The van der Waals surface area contributed by atoms with E-state index in [0.717, 1.165) is 37.3 Å². The van der Waals surface area contributed by atoms with Crippen LogP contribution in [-0.4, -0.2) is 38.4 Å². The predicted molar refractivity (Wildman–Crippen MR) is 109 cm³/mol. The molecule has 1 aliphatic carbocycles. The molecule has 150 valence electrons. The minimum atomic E-state index is -3.45. The van der Waals surface area contributed by atoms with Crippen LogP contribution in [0, 0.1) is 0 Å². The van der Waals surface area contributed by atoms with E-state index in [9.17, 15) is 13.2 Å². The SMILES string of the molecule is CCN(CC)c1ccc(C(=O)NCc2ccc(S(=O)(=O)NC3CC3)cc2)cn1. The molecule has 1 fully saturated rings. The number of amides is 1. The summed E-state index contributed by atoms with van der Waals surface area (Å²) in [5.41, 5.74) is 1.31. The van der Waals surface area contributed by atoms with Crippen LogP contribution < -0.4 is 14.9 Å². The Balaban J connectivity index is 1.57. The van der Waals surface area contributed by atoms with Gasteiger partial charge in [-0.15, -0.1) is 0 Å². The number of carbonyl (C=O) groups is 1. The third kappa shape index (κ3) is 5.08. The third-order valence-electron chi connectivity index (χ3n) is 4.68. The van der Waals surface area contributed by atoms with Gasteiger partial charge < -0.3 is 10.2 Å². The highest BCUT2D eigenvalue weighted by atomic mass is 32.2. The van der Waals surface area contributed by atoms with Crippen LogP contribution in [0.4, 0.5) is 5.82 Å². The number of carbonyl (C=O) groups excluding carboxylic acids is 1. The van der Waals surface area contributed by atoms with E-state index < -0.39 is 10.0 Å². The monoisotopic (exact) mass is 402 g/mol. The molecule has 3 rings (SSSR count). The summed E-state index contributed by atoms with van der Waals surface area (Å²) >= 11 is 0. The van der Waals surface area contributed by atoms with Crippen LogP contribution >= 0.6 is 0 Å². The maximum Gasteiger partial charge on any atom is 0.253 e. The molecule has 8 heteroatoms. The van der Waals surface area contributed by atoms with Crippen LogP contribution in [0.5, 0.6) is 0 Å². The molecule has 0 bridgehead atoms. The van der Waals surface area contributed by atoms with E-state index >= 15 is 0 Å². The minimum Gasteiger partial charge on any atom is -0.357 e. The first kappa shape index (κ1) is 20.3. The van der Waals surface area contributed by atoms with Crippen molar-refractivity contribution in [2.24, 2.45) is 0 Å². The Bertz CT molecular complexity index is 903. The lowest BCUT2D eigenvalue weighted by atomic mass is 10.2. The van der Waals surface area contributed by atoms with Crippen molar-refractivity contribution >= 4 is 21.7 Å². The molecular formula is C20H26N4O3S. The molecular weight excluding hydrogens is 376 g/mol. The van der Waals surface area contributed by atoms with Crippen molar-refractivity contribution in [2.45, 2.75) is 44.2 Å². The second-order valence-electron chi connectivity index (χ2n) is 6.80. The summed E-state index contributed by atoms with van der Waals surface area (Å²) in [5.74, 6) is 0.629. The van der Waals surface area contributed by atoms with E-state index in [0.29, 0.717) is 12.1 Å². The number of nitrogens with one attached hydrogen (secondary N) is 2. The van der Waals surface area contributed by atoms with Crippen molar-refractivity contribution in [1.82, 2.24) is 15.0 Å². The smallest absolute Gasteiger partial charge is 0.253 e. The summed E-state index contributed by atoms with van der Waals surface area (Å²) in [6.45, 7) is 6.15. The van der Waals surface area contributed by atoms with Crippen LogP contribution in [0.25, 0.3) is 0 Å². The van der Waals surface area contributed by atoms with Gasteiger partial charge in [-0.1, -0.05) is 12.1 Å². The summed E-state index contributed by atoms with van der Waals surface area (Å²) in [6.07, 6.45) is 3.37. The first-order valence-electron chi connectivity index (χ1n) is 9.53. The third-order valence-corrected chi connectivity index (χ3v) is 6.22. The summed E-state index contributed by atoms with van der Waals surface area (Å²) in [5, 5.41) is 2.83. The van der Waals surface area contributed by atoms with Gasteiger partial charge in [-0.3, -0.25) is 4.79 Å². The maximum absolute atomic E-state index is 12.3. The topological polar surface area (TPSA) is 91.4 Å². The molecule has 1 aliphatic rings. The molecule has 1 saturated carbocycles. The van der Waals surface area contributed by atoms with Crippen LogP contribution in [0.1, 0.15) is 42.6 Å². The normalized spacial score (nSPS) is 13.9. The van der Waals surface area contributed by atoms with Crippen LogP contribution in [-0.2, 0) is 16.6 Å². The molecule has 0 radical (unpaired) electrons. The van der Waals surface area contributed by atoms with E-state index in [-0.39, 0.29) is 16.8 Å². The van der Waals surface area contributed by atoms with E-state index in [1.807, 2.05) is 6.07 Å². The molecule has 1 heterocycles. The number of pyridine rings is 1. The van der Waals surface area contributed by atoms with Gasteiger partial charge in [-0.25, -0.2) is 18.1 Å². The summed E-state index contributed by atoms with van der Waals surface area (Å²) in [7, 11) is -3.45. The average molecular weight is 403 g/mol. The van der Waals surface area contributed by atoms with Crippen molar-refractivity contribution < 1.29 is 13.2 Å². The number of benzene rings is 1. The molecule has 1 aromatic heterocycles. The molecule has 0 spiro atoms. The van der Waals surface area contributed by atoms with Gasteiger partial charge in [0.25, 0.3) is 5.91 Å². The highest BCUT2D eigenvalue weighted by Gasteiger charge is 2.27. The largest absolute Gasteiger partial charge is 0.357 e. The first-order chi connectivity index (χ1) is 13.4.